The standard InChI is InChI=1S/C14H18FN3/c15-11-5-4-6-12-14(11)17-13(16-12)7-10-18-8-2-1-3-9-18/h4-6H,1-3,7-10H2,(H,16,17). The number of likely N-dealkylation sites (tertiary alicyclic amines) is 1. The Kier molecular flexibility index (Phi) is 3.28. The molecule has 2 heterocycles. The molecule has 1 fully saturated rings. The van der Waals surface area contributed by atoms with Crippen LogP contribution in [0.3, 0.4) is 0 Å². The molecule has 0 saturated carbocycles. The van der Waals surface area contributed by atoms with Crippen molar-refractivity contribution in [3.05, 3.63) is 29.8 Å². The Morgan fingerprint density at radius 3 is 2.83 bits per heavy atom. The van der Waals surface area contributed by atoms with Crippen LogP contribution in [0.4, 0.5) is 4.39 Å². The number of halogens is 1. The minimum atomic E-state index is -0.243. The largest absolute Gasteiger partial charge is 0.342 e. The Balaban J connectivity index is 1.69. The van der Waals surface area contributed by atoms with Gasteiger partial charge in [-0.1, -0.05) is 12.5 Å². The van der Waals surface area contributed by atoms with E-state index in [4.69, 9.17) is 0 Å². The zero-order valence-corrected chi connectivity index (χ0v) is 10.5. The summed E-state index contributed by atoms with van der Waals surface area (Å²) in [6, 6.07) is 5.04. The summed E-state index contributed by atoms with van der Waals surface area (Å²) < 4.78 is 13.5. The monoisotopic (exact) mass is 247 g/mol. The van der Waals surface area contributed by atoms with Crippen LogP contribution in [-0.2, 0) is 6.42 Å². The maximum absolute atomic E-state index is 13.5. The van der Waals surface area contributed by atoms with E-state index in [-0.39, 0.29) is 5.82 Å². The van der Waals surface area contributed by atoms with Crippen LogP contribution in [0.15, 0.2) is 18.2 Å². The van der Waals surface area contributed by atoms with Gasteiger partial charge in [-0.25, -0.2) is 9.37 Å². The summed E-state index contributed by atoms with van der Waals surface area (Å²) in [5, 5.41) is 0. The molecule has 0 bridgehead atoms. The molecule has 1 aromatic carbocycles. The van der Waals surface area contributed by atoms with Gasteiger partial charge in [0.05, 0.1) is 5.52 Å². The van der Waals surface area contributed by atoms with Crippen LogP contribution in [0.1, 0.15) is 25.1 Å². The third kappa shape index (κ3) is 2.38. The Morgan fingerprint density at radius 2 is 2.06 bits per heavy atom. The van der Waals surface area contributed by atoms with Crippen LogP contribution in [0.25, 0.3) is 11.0 Å². The summed E-state index contributed by atoms with van der Waals surface area (Å²) in [5.41, 5.74) is 1.26. The van der Waals surface area contributed by atoms with Gasteiger partial charge in [0.25, 0.3) is 0 Å². The normalized spacial score (nSPS) is 17.4. The zero-order chi connectivity index (χ0) is 12.4. The molecule has 0 amide bonds. The summed E-state index contributed by atoms with van der Waals surface area (Å²) in [6.07, 6.45) is 4.82. The minimum Gasteiger partial charge on any atom is -0.342 e. The zero-order valence-electron chi connectivity index (χ0n) is 10.5. The SMILES string of the molecule is Fc1cccc2[nH]c(CCN3CCCCC3)nc12. The molecular formula is C14H18FN3. The van der Waals surface area contributed by atoms with Crippen LogP contribution < -0.4 is 0 Å². The number of benzene rings is 1. The summed E-state index contributed by atoms with van der Waals surface area (Å²) in [4.78, 5) is 10.0. The van der Waals surface area contributed by atoms with Crippen molar-refractivity contribution in [2.75, 3.05) is 19.6 Å². The summed E-state index contributed by atoms with van der Waals surface area (Å²) in [5.74, 6) is 0.647. The minimum absolute atomic E-state index is 0.243. The second-order valence-electron chi connectivity index (χ2n) is 4.97. The van der Waals surface area contributed by atoms with Gasteiger partial charge in [0.15, 0.2) is 5.82 Å². The van der Waals surface area contributed by atoms with E-state index in [9.17, 15) is 4.39 Å². The lowest BCUT2D eigenvalue weighted by molar-refractivity contribution is 0.230. The van der Waals surface area contributed by atoms with E-state index in [2.05, 4.69) is 14.9 Å². The Labute approximate surface area is 106 Å². The molecular weight excluding hydrogens is 229 g/mol. The number of rotatable bonds is 3. The van der Waals surface area contributed by atoms with E-state index in [0.717, 1.165) is 24.3 Å². The molecule has 1 aliphatic rings. The van der Waals surface area contributed by atoms with Gasteiger partial charge in [-0.3, -0.25) is 0 Å². The average Bonchev–Trinajstić information content (AvgIpc) is 2.82. The third-order valence-corrected chi connectivity index (χ3v) is 3.63. The number of para-hydroxylation sites is 1. The van der Waals surface area contributed by atoms with Crippen molar-refractivity contribution in [3.8, 4) is 0 Å². The second-order valence-corrected chi connectivity index (χ2v) is 4.97. The highest BCUT2D eigenvalue weighted by Crippen LogP contribution is 2.15. The van der Waals surface area contributed by atoms with E-state index >= 15 is 0 Å². The number of H-pyrrole nitrogens is 1. The van der Waals surface area contributed by atoms with Crippen LogP contribution in [0.2, 0.25) is 0 Å². The van der Waals surface area contributed by atoms with Gasteiger partial charge in [-0.05, 0) is 38.1 Å². The molecule has 1 aromatic heterocycles. The summed E-state index contributed by atoms with van der Waals surface area (Å²) in [6.45, 7) is 3.39. The molecule has 1 saturated heterocycles. The van der Waals surface area contributed by atoms with Crippen molar-refractivity contribution in [2.45, 2.75) is 25.7 Å². The van der Waals surface area contributed by atoms with Crippen LogP contribution in [0, 0.1) is 5.82 Å². The number of nitrogens with one attached hydrogen (secondary N) is 1. The molecule has 0 spiro atoms. The van der Waals surface area contributed by atoms with Crippen molar-refractivity contribution in [2.24, 2.45) is 0 Å². The average molecular weight is 247 g/mol. The molecule has 3 nitrogen and oxygen atoms in total. The molecule has 0 unspecified atom stereocenters. The molecule has 3 rings (SSSR count). The predicted octanol–water partition coefficient (Wildman–Crippen LogP) is 2.73. The number of piperidine rings is 1. The van der Waals surface area contributed by atoms with Crippen LogP contribution in [0.5, 0.6) is 0 Å². The van der Waals surface area contributed by atoms with E-state index in [1.165, 1.54) is 38.4 Å². The van der Waals surface area contributed by atoms with Gasteiger partial charge in [0, 0.05) is 13.0 Å². The lowest BCUT2D eigenvalue weighted by atomic mass is 10.1. The lowest BCUT2D eigenvalue weighted by Gasteiger charge is -2.25. The Bertz CT molecular complexity index is 529. The highest BCUT2D eigenvalue weighted by atomic mass is 19.1. The van der Waals surface area contributed by atoms with Crippen LogP contribution in [-0.4, -0.2) is 34.5 Å². The highest BCUT2D eigenvalue weighted by Gasteiger charge is 2.11. The fraction of sp³-hybridized carbons (Fsp3) is 0.500. The number of aromatic amines is 1. The maximum Gasteiger partial charge on any atom is 0.151 e. The van der Waals surface area contributed by atoms with Gasteiger partial charge in [0.1, 0.15) is 11.3 Å². The maximum atomic E-state index is 13.5. The van der Waals surface area contributed by atoms with Gasteiger partial charge in [-0.2, -0.15) is 0 Å². The molecule has 2 aromatic rings. The van der Waals surface area contributed by atoms with Crippen molar-refractivity contribution < 1.29 is 4.39 Å². The molecule has 18 heavy (non-hydrogen) atoms. The third-order valence-electron chi connectivity index (χ3n) is 3.63. The summed E-state index contributed by atoms with van der Waals surface area (Å²) >= 11 is 0. The molecule has 0 radical (unpaired) electrons. The fourth-order valence-corrected chi connectivity index (χ4v) is 2.61. The van der Waals surface area contributed by atoms with Crippen molar-refractivity contribution in [1.82, 2.24) is 14.9 Å². The molecule has 1 N–H and O–H groups in total. The molecule has 0 aliphatic carbocycles. The number of fused-ring (bicyclic) bond motifs is 1. The second kappa shape index (κ2) is 5.06. The van der Waals surface area contributed by atoms with Crippen LogP contribution >= 0.6 is 0 Å². The molecule has 1 aliphatic heterocycles. The van der Waals surface area contributed by atoms with E-state index < -0.39 is 0 Å². The smallest absolute Gasteiger partial charge is 0.151 e. The van der Waals surface area contributed by atoms with E-state index in [0.29, 0.717) is 5.52 Å². The Hall–Kier alpha value is -1.42. The lowest BCUT2D eigenvalue weighted by Crippen LogP contribution is -2.31. The molecule has 96 valence electrons. The number of imidazole rings is 1. The number of hydrogen-bond donors (Lipinski definition) is 1. The van der Waals surface area contributed by atoms with Crippen molar-refractivity contribution >= 4 is 11.0 Å². The van der Waals surface area contributed by atoms with Gasteiger partial charge < -0.3 is 9.88 Å². The van der Waals surface area contributed by atoms with Gasteiger partial charge >= 0.3 is 0 Å². The first-order valence-electron chi connectivity index (χ1n) is 6.68. The quantitative estimate of drug-likeness (QED) is 0.904. The van der Waals surface area contributed by atoms with Gasteiger partial charge in [-0.15, -0.1) is 0 Å². The summed E-state index contributed by atoms with van der Waals surface area (Å²) in [7, 11) is 0. The van der Waals surface area contributed by atoms with E-state index in [1.807, 2.05) is 6.07 Å². The number of hydrogen-bond acceptors (Lipinski definition) is 2. The Morgan fingerprint density at radius 1 is 1.22 bits per heavy atom. The van der Waals surface area contributed by atoms with Gasteiger partial charge in [0.2, 0.25) is 0 Å². The fourth-order valence-electron chi connectivity index (χ4n) is 2.61. The first kappa shape index (κ1) is 11.7. The molecule has 0 atom stereocenters. The van der Waals surface area contributed by atoms with Crippen molar-refractivity contribution in [3.63, 3.8) is 0 Å². The molecule has 4 heteroatoms. The van der Waals surface area contributed by atoms with Crippen molar-refractivity contribution in [1.29, 1.82) is 0 Å². The first-order valence-corrected chi connectivity index (χ1v) is 6.68. The first-order chi connectivity index (χ1) is 8.83. The highest BCUT2D eigenvalue weighted by molar-refractivity contribution is 5.75. The van der Waals surface area contributed by atoms with E-state index in [1.54, 1.807) is 6.07 Å². The topological polar surface area (TPSA) is 31.9 Å². The number of nitrogens with zero attached hydrogens (tertiary/aromatic N) is 2. The number of aromatic nitrogens is 2. The predicted molar refractivity (Wildman–Crippen MR) is 70.0 cm³/mol.